The maximum atomic E-state index is 13.3. The first-order valence-corrected chi connectivity index (χ1v) is 13.1. The van der Waals surface area contributed by atoms with Crippen LogP contribution in [0.2, 0.25) is 0 Å². The first kappa shape index (κ1) is 27.3. The molecule has 1 unspecified atom stereocenters. The van der Waals surface area contributed by atoms with Crippen LogP contribution in [0, 0.1) is 12.7 Å². The molecule has 38 heavy (non-hydrogen) atoms. The smallest absolute Gasteiger partial charge is 0.338 e. The molecule has 4 rings (SSSR count). The highest BCUT2D eigenvalue weighted by Crippen LogP contribution is 2.32. The highest BCUT2D eigenvalue weighted by molar-refractivity contribution is 5.95. The number of benzene rings is 2. The number of rotatable bonds is 7. The zero-order valence-electron chi connectivity index (χ0n) is 22.2. The van der Waals surface area contributed by atoms with E-state index in [1.165, 1.54) is 24.3 Å². The first-order valence-electron chi connectivity index (χ1n) is 13.1. The van der Waals surface area contributed by atoms with Crippen LogP contribution in [-0.4, -0.2) is 78.5 Å². The van der Waals surface area contributed by atoms with Crippen LogP contribution in [0.4, 0.5) is 9.18 Å². The standard InChI is InChI=1S/C29H35FN4O4/c1-4-34-24(19-32-14-7-15-33(17-16-32)27(35)21-10-12-23(30)13-11-21)25(28(36)38-5-2)26(31-29(34)37)22-9-6-8-20(3)18-22/h6,8-13,18,26H,4-5,7,14-17,19H2,1-3H3,(H,31,37). The molecule has 2 aliphatic heterocycles. The van der Waals surface area contributed by atoms with Gasteiger partial charge in [-0.3, -0.25) is 14.6 Å². The Labute approximate surface area is 223 Å². The Balaban J connectivity index is 1.62. The third kappa shape index (κ3) is 6.05. The second-order valence-electron chi connectivity index (χ2n) is 9.55. The van der Waals surface area contributed by atoms with Gasteiger partial charge in [0.1, 0.15) is 5.82 Å². The summed E-state index contributed by atoms with van der Waals surface area (Å²) in [5.74, 6) is -0.962. The number of hydrogen-bond acceptors (Lipinski definition) is 5. The average Bonchev–Trinajstić information content (AvgIpc) is 3.14. The van der Waals surface area contributed by atoms with Crippen molar-refractivity contribution in [3.63, 3.8) is 0 Å². The average molecular weight is 523 g/mol. The quantitative estimate of drug-likeness (QED) is 0.558. The summed E-state index contributed by atoms with van der Waals surface area (Å²) < 4.78 is 18.8. The van der Waals surface area contributed by atoms with Crippen LogP contribution in [0.3, 0.4) is 0 Å². The van der Waals surface area contributed by atoms with Crippen molar-refractivity contribution in [2.45, 2.75) is 33.2 Å². The van der Waals surface area contributed by atoms with Gasteiger partial charge < -0.3 is 15.0 Å². The number of nitrogens with zero attached hydrogens (tertiary/aromatic N) is 3. The fourth-order valence-electron chi connectivity index (χ4n) is 5.08. The third-order valence-corrected chi connectivity index (χ3v) is 6.97. The van der Waals surface area contributed by atoms with Gasteiger partial charge in [-0.05, 0) is 57.0 Å². The van der Waals surface area contributed by atoms with E-state index in [4.69, 9.17) is 4.74 Å². The summed E-state index contributed by atoms with van der Waals surface area (Å²) in [6, 6.07) is 12.5. The van der Waals surface area contributed by atoms with Gasteiger partial charge >= 0.3 is 12.0 Å². The number of esters is 1. The Hall–Kier alpha value is -3.72. The minimum absolute atomic E-state index is 0.134. The molecular weight excluding hydrogens is 487 g/mol. The number of hydrogen-bond donors (Lipinski definition) is 1. The highest BCUT2D eigenvalue weighted by atomic mass is 19.1. The van der Waals surface area contributed by atoms with Crippen LogP contribution in [-0.2, 0) is 9.53 Å². The number of ether oxygens (including phenoxy) is 1. The second-order valence-corrected chi connectivity index (χ2v) is 9.55. The predicted octanol–water partition coefficient (Wildman–Crippen LogP) is 3.89. The van der Waals surface area contributed by atoms with Gasteiger partial charge in [-0.1, -0.05) is 29.8 Å². The first-order chi connectivity index (χ1) is 18.3. The lowest BCUT2D eigenvalue weighted by molar-refractivity contribution is -0.139. The van der Waals surface area contributed by atoms with Gasteiger partial charge in [0.2, 0.25) is 0 Å². The molecule has 2 heterocycles. The van der Waals surface area contributed by atoms with Crippen molar-refractivity contribution in [3.05, 3.63) is 82.3 Å². The lowest BCUT2D eigenvalue weighted by Crippen LogP contribution is -2.51. The van der Waals surface area contributed by atoms with E-state index < -0.39 is 12.0 Å². The number of halogens is 1. The van der Waals surface area contributed by atoms with E-state index in [1.807, 2.05) is 38.1 Å². The minimum atomic E-state index is -0.622. The minimum Gasteiger partial charge on any atom is -0.463 e. The topological polar surface area (TPSA) is 82.2 Å². The van der Waals surface area contributed by atoms with Crippen LogP contribution in [0.25, 0.3) is 0 Å². The van der Waals surface area contributed by atoms with E-state index in [0.29, 0.717) is 56.1 Å². The zero-order chi connectivity index (χ0) is 27.2. The molecule has 1 fully saturated rings. The molecule has 0 aliphatic carbocycles. The Kier molecular flexibility index (Phi) is 8.78. The van der Waals surface area contributed by atoms with Crippen LogP contribution in [0.5, 0.6) is 0 Å². The molecule has 0 saturated carbocycles. The molecular formula is C29H35FN4O4. The van der Waals surface area contributed by atoms with Gasteiger partial charge in [-0.25, -0.2) is 14.0 Å². The number of nitrogens with one attached hydrogen (secondary N) is 1. The van der Waals surface area contributed by atoms with Crippen molar-refractivity contribution in [1.82, 2.24) is 20.0 Å². The summed E-state index contributed by atoms with van der Waals surface area (Å²) in [5, 5.41) is 3.00. The van der Waals surface area contributed by atoms with E-state index in [2.05, 4.69) is 10.2 Å². The molecule has 9 heteroatoms. The van der Waals surface area contributed by atoms with E-state index in [1.54, 1.807) is 16.7 Å². The molecule has 2 aromatic carbocycles. The van der Waals surface area contributed by atoms with Gasteiger partial charge in [0.15, 0.2) is 0 Å². The van der Waals surface area contributed by atoms with E-state index >= 15 is 0 Å². The van der Waals surface area contributed by atoms with Gasteiger partial charge in [0.25, 0.3) is 5.91 Å². The van der Waals surface area contributed by atoms with Crippen molar-refractivity contribution in [1.29, 1.82) is 0 Å². The molecule has 1 N–H and O–H groups in total. The van der Waals surface area contributed by atoms with E-state index in [9.17, 15) is 18.8 Å². The van der Waals surface area contributed by atoms with Gasteiger partial charge in [-0.2, -0.15) is 0 Å². The van der Waals surface area contributed by atoms with Crippen molar-refractivity contribution in [2.75, 3.05) is 45.9 Å². The van der Waals surface area contributed by atoms with Gasteiger partial charge in [0, 0.05) is 50.5 Å². The maximum absolute atomic E-state index is 13.3. The molecule has 0 aromatic heterocycles. The Morgan fingerprint density at radius 1 is 1.05 bits per heavy atom. The van der Waals surface area contributed by atoms with Crippen LogP contribution < -0.4 is 5.32 Å². The van der Waals surface area contributed by atoms with Gasteiger partial charge in [-0.15, -0.1) is 0 Å². The summed E-state index contributed by atoms with van der Waals surface area (Å²) in [7, 11) is 0. The molecule has 0 bridgehead atoms. The zero-order valence-corrected chi connectivity index (χ0v) is 22.2. The van der Waals surface area contributed by atoms with Crippen LogP contribution in [0.15, 0.2) is 59.8 Å². The summed E-state index contributed by atoms with van der Waals surface area (Å²) in [4.78, 5) is 45.1. The van der Waals surface area contributed by atoms with Crippen molar-refractivity contribution in [3.8, 4) is 0 Å². The number of urea groups is 1. The van der Waals surface area contributed by atoms with Crippen LogP contribution in [0.1, 0.15) is 47.8 Å². The maximum Gasteiger partial charge on any atom is 0.338 e. The summed E-state index contributed by atoms with van der Waals surface area (Å²) in [6.07, 6.45) is 0.731. The Morgan fingerprint density at radius 2 is 1.82 bits per heavy atom. The fraction of sp³-hybridized carbons (Fsp3) is 0.414. The number of amides is 3. The number of carbonyl (C=O) groups excluding carboxylic acids is 3. The second kappa shape index (κ2) is 12.2. The molecule has 1 saturated heterocycles. The number of carbonyl (C=O) groups is 3. The lowest BCUT2D eigenvalue weighted by Gasteiger charge is -2.38. The van der Waals surface area contributed by atoms with Gasteiger partial charge in [0.05, 0.1) is 18.2 Å². The summed E-state index contributed by atoms with van der Waals surface area (Å²) in [5.41, 5.74) is 3.36. The molecule has 0 radical (unpaired) electrons. The van der Waals surface area contributed by atoms with Crippen molar-refractivity contribution >= 4 is 17.9 Å². The number of likely N-dealkylation sites (N-methyl/N-ethyl adjacent to an activating group) is 1. The monoisotopic (exact) mass is 522 g/mol. The summed E-state index contributed by atoms with van der Waals surface area (Å²) in [6.45, 7) is 8.92. The predicted molar refractivity (Wildman–Crippen MR) is 142 cm³/mol. The number of aryl methyl sites for hydroxylation is 1. The van der Waals surface area contributed by atoms with Crippen molar-refractivity contribution in [2.24, 2.45) is 0 Å². The SMILES string of the molecule is CCOC(=O)C1=C(CN2CCCN(C(=O)c3ccc(F)cc3)CC2)N(CC)C(=O)NC1c1cccc(C)c1. The molecule has 202 valence electrons. The molecule has 1 atom stereocenters. The largest absolute Gasteiger partial charge is 0.463 e. The van der Waals surface area contributed by atoms with Crippen molar-refractivity contribution < 1.29 is 23.5 Å². The van der Waals surface area contributed by atoms with Crippen LogP contribution >= 0.6 is 0 Å². The molecule has 0 spiro atoms. The Morgan fingerprint density at radius 3 is 2.50 bits per heavy atom. The highest BCUT2D eigenvalue weighted by Gasteiger charge is 2.38. The summed E-state index contributed by atoms with van der Waals surface area (Å²) >= 11 is 0. The molecule has 8 nitrogen and oxygen atoms in total. The molecule has 3 amide bonds. The molecule has 2 aromatic rings. The normalized spacial score (nSPS) is 18.7. The fourth-order valence-corrected chi connectivity index (χ4v) is 5.08. The lowest BCUT2D eigenvalue weighted by atomic mass is 9.93. The third-order valence-electron chi connectivity index (χ3n) is 6.97. The Bertz CT molecular complexity index is 1210. The molecule has 2 aliphatic rings. The van der Waals surface area contributed by atoms with E-state index in [0.717, 1.165) is 17.5 Å². The van der Waals surface area contributed by atoms with E-state index in [-0.39, 0.29) is 24.4 Å².